The van der Waals surface area contributed by atoms with E-state index < -0.39 is 0 Å². The van der Waals surface area contributed by atoms with E-state index in [0.29, 0.717) is 17.9 Å². The van der Waals surface area contributed by atoms with Crippen molar-refractivity contribution in [2.24, 2.45) is 5.92 Å². The molecule has 1 aromatic rings. The summed E-state index contributed by atoms with van der Waals surface area (Å²) in [5.41, 5.74) is 0. The first-order valence-electron chi connectivity index (χ1n) is 5.27. The number of tetrazole rings is 1. The van der Waals surface area contributed by atoms with Gasteiger partial charge in [-0.25, -0.2) is 4.68 Å². The Morgan fingerprint density at radius 2 is 2.47 bits per heavy atom. The fourth-order valence-corrected chi connectivity index (χ4v) is 2.23. The highest BCUT2D eigenvalue weighted by molar-refractivity contribution is 6.16. The summed E-state index contributed by atoms with van der Waals surface area (Å²) < 4.78 is 7.41. The van der Waals surface area contributed by atoms with E-state index in [1.807, 2.05) is 0 Å². The third-order valence-electron chi connectivity index (χ3n) is 2.88. The lowest BCUT2D eigenvalue weighted by Crippen LogP contribution is -2.21. The quantitative estimate of drug-likeness (QED) is 0.730. The number of aromatic nitrogens is 4. The topological polar surface area (TPSA) is 52.8 Å². The van der Waals surface area contributed by atoms with Gasteiger partial charge < -0.3 is 4.74 Å². The van der Waals surface area contributed by atoms with Gasteiger partial charge in [0, 0.05) is 12.5 Å². The van der Waals surface area contributed by atoms with Crippen LogP contribution in [0.1, 0.15) is 25.6 Å². The Labute approximate surface area is 93.7 Å². The van der Waals surface area contributed by atoms with Gasteiger partial charge in [-0.2, -0.15) is 0 Å². The van der Waals surface area contributed by atoms with Crippen LogP contribution in [0.5, 0.6) is 0 Å². The monoisotopic (exact) mass is 230 g/mol. The molecular formula is C9H15ClN4O. The Balaban J connectivity index is 2.01. The third kappa shape index (κ3) is 2.29. The minimum atomic E-state index is 0.345. The molecule has 15 heavy (non-hydrogen) atoms. The van der Waals surface area contributed by atoms with Crippen LogP contribution in [0.15, 0.2) is 0 Å². The van der Waals surface area contributed by atoms with Gasteiger partial charge in [0.25, 0.3) is 0 Å². The molecule has 2 rings (SSSR count). The van der Waals surface area contributed by atoms with Crippen molar-refractivity contribution in [1.29, 1.82) is 0 Å². The SMILES string of the molecule is CCC1OCCC1Cn1nnnc1CCl. The van der Waals surface area contributed by atoms with Crippen LogP contribution in [0.3, 0.4) is 0 Å². The van der Waals surface area contributed by atoms with Gasteiger partial charge in [0.2, 0.25) is 0 Å². The van der Waals surface area contributed by atoms with E-state index in [1.54, 1.807) is 4.68 Å². The molecule has 1 saturated heterocycles. The molecule has 0 spiro atoms. The minimum Gasteiger partial charge on any atom is -0.378 e. The van der Waals surface area contributed by atoms with E-state index in [0.717, 1.165) is 31.8 Å². The molecular weight excluding hydrogens is 216 g/mol. The summed E-state index contributed by atoms with van der Waals surface area (Å²) in [5, 5.41) is 11.4. The lowest BCUT2D eigenvalue weighted by Gasteiger charge is -2.16. The molecule has 2 heterocycles. The highest BCUT2D eigenvalue weighted by Gasteiger charge is 2.27. The Morgan fingerprint density at radius 1 is 1.60 bits per heavy atom. The van der Waals surface area contributed by atoms with E-state index in [-0.39, 0.29) is 0 Å². The maximum absolute atomic E-state index is 5.73. The van der Waals surface area contributed by atoms with Crippen LogP contribution in [0.4, 0.5) is 0 Å². The van der Waals surface area contributed by atoms with Gasteiger partial charge in [-0.3, -0.25) is 0 Å². The van der Waals surface area contributed by atoms with Gasteiger partial charge in [-0.1, -0.05) is 6.92 Å². The lowest BCUT2D eigenvalue weighted by molar-refractivity contribution is 0.0822. The average molecular weight is 231 g/mol. The number of alkyl halides is 1. The number of halogens is 1. The molecule has 2 unspecified atom stereocenters. The Morgan fingerprint density at radius 3 is 3.20 bits per heavy atom. The minimum absolute atomic E-state index is 0.345. The van der Waals surface area contributed by atoms with Gasteiger partial charge in [-0.05, 0) is 23.3 Å². The fraction of sp³-hybridized carbons (Fsp3) is 0.889. The number of hydrogen-bond donors (Lipinski definition) is 0. The molecule has 1 aliphatic rings. The van der Waals surface area contributed by atoms with Crippen molar-refractivity contribution in [3.05, 3.63) is 5.82 Å². The van der Waals surface area contributed by atoms with E-state index in [4.69, 9.17) is 16.3 Å². The zero-order valence-electron chi connectivity index (χ0n) is 8.77. The van der Waals surface area contributed by atoms with Crippen LogP contribution in [-0.4, -0.2) is 32.9 Å². The molecule has 6 heteroatoms. The van der Waals surface area contributed by atoms with Gasteiger partial charge in [0.15, 0.2) is 5.82 Å². The van der Waals surface area contributed by atoms with Crippen molar-refractivity contribution in [2.45, 2.75) is 38.3 Å². The molecule has 1 aromatic heterocycles. The molecule has 0 radical (unpaired) electrons. The van der Waals surface area contributed by atoms with Crippen LogP contribution in [0.25, 0.3) is 0 Å². The predicted octanol–water partition coefficient (Wildman–Crippen LogP) is 1.23. The molecule has 0 saturated carbocycles. The summed E-state index contributed by atoms with van der Waals surface area (Å²) in [6.45, 7) is 3.81. The number of ether oxygens (including phenoxy) is 1. The molecule has 0 bridgehead atoms. The molecule has 0 aliphatic carbocycles. The van der Waals surface area contributed by atoms with Crippen LogP contribution >= 0.6 is 11.6 Å². The van der Waals surface area contributed by atoms with Crippen molar-refractivity contribution in [2.75, 3.05) is 6.61 Å². The van der Waals surface area contributed by atoms with Crippen molar-refractivity contribution >= 4 is 11.6 Å². The summed E-state index contributed by atoms with van der Waals surface area (Å²) >= 11 is 5.73. The Hall–Kier alpha value is -0.680. The zero-order chi connectivity index (χ0) is 10.7. The van der Waals surface area contributed by atoms with Gasteiger partial charge in [0.1, 0.15) is 0 Å². The number of rotatable bonds is 4. The average Bonchev–Trinajstić information content (AvgIpc) is 2.87. The summed E-state index contributed by atoms with van der Waals surface area (Å²) in [5.74, 6) is 1.61. The van der Waals surface area contributed by atoms with Crippen LogP contribution in [-0.2, 0) is 17.2 Å². The summed E-state index contributed by atoms with van der Waals surface area (Å²) in [4.78, 5) is 0. The second-order valence-corrected chi connectivity index (χ2v) is 4.04. The maximum atomic E-state index is 5.73. The molecule has 84 valence electrons. The Kier molecular flexibility index (Phi) is 3.53. The molecule has 1 fully saturated rings. The van der Waals surface area contributed by atoms with E-state index in [1.165, 1.54) is 0 Å². The molecule has 0 N–H and O–H groups in total. The van der Waals surface area contributed by atoms with Crippen molar-refractivity contribution in [3.63, 3.8) is 0 Å². The molecule has 0 amide bonds. The molecule has 1 aliphatic heterocycles. The maximum Gasteiger partial charge on any atom is 0.166 e. The number of nitrogens with zero attached hydrogens (tertiary/aromatic N) is 4. The second-order valence-electron chi connectivity index (χ2n) is 3.78. The Bertz CT molecular complexity index is 317. The normalized spacial score (nSPS) is 26.0. The van der Waals surface area contributed by atoms with Gasteiger partial charge in [0.05, 0.1) is 18.5 Å². The molecule has 0 aromatic carbocycles. The molecule has 5 nitrogen and oxygen atoms in total. The lowest BCUT2D eigenvalue weighted by atomic mass is 10.00. The first-order chi connectivity index (χ1) is 7.35. The predicted molar refractivity (Wildman–Crippen MR) is 55.5 cm³/mol. The smallest absolute Gasteiger partial charge is 0.166 e. The van der Waals surface area contributed by atoms with Crippen LogP contribution in [0.2, 0.25) is 0 Å². The van der Waals surface area contributed by atoms with Gasteiger partial charge >= 0.3 is 0 Å². The summed E-state index contributed by atoms with van der Waals surface area (Å²) in [6, 6.07) is 0. The van der Waals surface area contributed by atoms with Crippen LogP contribution in [0, 0.1) is 5.92 Å². The second kappa shape index (κ2) is 4.90. The zero-order valence-corrected chi connectivity index (χ0v) is 9.52. The van der Waals surface area contributed by atoms with Crippen molar-refractivity contribution in [1.82, 2.24) is 20.2 Å². The standard InChI is InChI=1S/C9H15ClN4O/c1-2-8-7(3-4-15-8)6-14-9(5-10)11-12-13-14/h7-8H,2-6H2,1H3. The van der Waals surface area contributed by atoms with Crippen molar-refractivity contribution in [3.8, 4) is 0 Å². The highest BCUT2D eigenvalue weighted by Crippen LogP contribution is 2.24. The van der Waals surface area contributed by atoms with E-state index in [9.17, 15) is 0 Å². The van der Waals surface area contributed by atoms with Gasteiger partial charge in [-0.15, -0.1) is 16.7 Å². The first kappa shape index (κ1) is 10.8. The number of hydrogen-bond acceptors (Lipinski definition) is 4. The van der Waals surface area contributed by atoms with E-state index in [2.05, 4.69) is 22.4 Å². The van der Waals surface area contributed by atoms with E-state index >= 15 is 0 Å². The largest absolute Gasteiger partial charge is 0.378 e. The summed E-state index contributed by atoms with van der Waals surface area (Å²) in [6.07, 6.45) is 2.47. The third-order valence-corrected chi connectivity index (χ3v) is 3.12. The van der Waals surface area contributed by atoms with Crippen molar-refractivity contribution < 1.29 is 4.74 Å². The highest BCUT2D eigenvalue weighted by atomic mass is 35.5. The fourth-order valence-electron chi connectivity index (χ4n) is 2.04. The summed E-state index contributed by atoms with van der Waals surface area (Å²) in [7, 11) is 0. The molecule has 2 atom stereocenters. The van der Waals surface area contributed by atoms with Crippen LogP contribution < -0.4 is 0 Å². The first-order valence-corrected chi connectivity index (χ1v) is 5.81.